The summed E-state index contributed by atoms with van der Waals surface area (Å²) in [6, 6.07) is 7.06. The number of nitrogens with one attached hydrogen (secondary N) is 2. The number of hydrogen-bond acceptors (Lipinski definition) is 7. The number of aliphatic hydroxyl groups is 1. The molecule has 2 aromatic rings. The average molecular weight is 498 g/mol. The first kappa shape index (κ1) is 24.5. The van der Waals surface area contributed by atoms with E-state index in [1.54, 1.807) is 0 Å². The Bertz CT molecular complexity index is 1180. The molecule has 1 aliphatic heterocycles. The number of nitrogens with zero attached hydrogens (tertiary/aromatic N) is 1. The van der Waals surface area contributed by atoms with E-state index in [0.29, 0.717) is 13.0 Å². The van der Waals surface area contributed by atoms with Crippen molar-refractivity contribution < 1.29 is 31.4 Å². The number of benzene rings is 1. The predicted octanol–water partition coefficient (Wildman–Crippen LogP) is 3.56. The quantitative estimate of drug-likeness (QED) is 0.456. The summed E-state index contributed by atoms with van der Waals surface area (Å²) >= 11 is 0. The Balaban J connectivity index is 1.58. The maximum absolute atomic E-state index is 13.3. The van der Waals surface area contributed by atoms with Gasteiger partial charge in [-0.15, -0.1) is 0 Å². The van der Waals surface area contributed by atoms with Crippen molar-refractivity contribution in [3.63, 3.8) is 0 Å². The Morgan fingerprint density at radius 3 is 2.71 bits per heavy atom. The molecule has 1 aromatic heterocycles. The van der Waals surface area contributed by atoms with Gasteiger partial charge >= 0.3 is 6.18 Å². The van der Waals surface area contributed by atoms with Gasteiger partial charge in [0.1, 0.15) is 23.5 Å². The van der Waals surface area contributed by atoms with Gasteiger partial charge in [0, 0.05) is 41.8 Å². The molecule has 7 nitrogen and oxygen atoms in total. The highest BCUT2D eigenvalue weighted by atomic mass is 32.2. The summed E-state index contributed by atoms with van der Waals surface area (Å²) in [5.74, 6) is 0.787. The summed E-state index contributed by atoms with van der Waals surface area (Å²) in [4.78, 5) is 3.75. The molecule has 0 spiro atoms. The standard InChI is InChI=1S/C23H26F3N3O4S/c1-34(31,32)12-10-18(14-5-6-14)28-22(30)17-7-8-20(23(24,25)26)29-21(17)27-13-15-3-2-4-19-16(15)9-11-33-19/h2-4,7-8,10,12,14,18,22,28,30H,5-6,9,11,13H2,1H3,(H,27,29)/b12-10+/t18-,22?/m1/s1. The fraction of sp³-hybridized carbons (Fsp3) is 0.435. The van der Waals surface area contributed by atoms with Crippen LogP contribution in [-0.2, 0) is 29.0 Å². The molecule has 0 amide bonds. The Hall–Kier alpha value is -2.63. The van der Waals surface area contributed by atoms with Crippen molar-refractivity contribution in [3.05, 3.63) is 64.2 Å². The third-order valence-electron chi connectivity index (χ3n) is 5.81. The Morgan fingerprint density at radius 1 is 1.26 bits per heavy atom. The molecule has 0 radical (unpaired) electrons. The second-order valence-corrected chi connectivity index (χ2v) is 10.5. The van der Waals surface area contributed by atoms with Crippen molar-refractivity contribution in [1.29, 1.82) is 0 Å². The van der Waals surface area contributed by atoms with Gasteiger partial charge in [-0.25, -0.2) is 13.4 Å². The number of halogens is 3. The van der Waals surface area contributed by atoms with Gasteiger partial charge in [-0.3, -0.25) is 5.32 Å². The van der Waals surface area contributed by atoms with Crippen molar-refractivity contribution in [2.24, 2.45) is 5.92 Å². The molecule has 2 atom stereocenters. The maximum Gasteiger partial charge on any atom is 0.433 e. The zero-order chi connectivity index (χ0) is 24.5. The van der Waals surface area contributed by atoms with Crippen LogP contribution in [0.5, 0.6) is 5.75 Å². The van der Waals surface area contributed by atoms with Gasteiger partial charge < -0.3 is 15.2 Å². The van der Waals surface area contributed by atoms with Gasteiger partial charge in [0.15, 0.2) is 9.84 Å². The number of pyridine rings is 1. The van der Waals surface area contributed by atoms with E-state index in [-0.39, 0.29) is 23.8 Å². The Labute approximate surface area is 196 Å². The monoisotopic (exact) mass is 497 g/mol. The first-order chi connectivity index (χ1) is 16.0. The van der Waals surface area contributed by atoms with E-state index < -0.39 is 34.0 Å². The molecule has 1 fully saturated rings. The van der Waals surface area contributed by atoms with Crippen LogP contribution in [0.4, 0.5) is 19.0 Å². The van der Waals surface area contributed by atoms with Crippen LogP contribution < -0.4 is 15.4 Å². The Morgan fingerprint density at radius 2 is 2.03 bits per heavy atom. The van der Waals surface area contributed by atoms with Crippen LogP contribution in [0.2, 0.25) is 0 Å². The summed E-state index contributed by atoms with van der Waals surface area (Å²) in [5.41, 5.74) is 0.912. The number of hydrogen-bond donors (Lipinski definition) is 3. The third-order valence-corrected chi connectivity index (χ3v) is 6.46. The van der Waals surface area contributed by atoms with Crippen molar-refractivity contribution in [2.75, 3.05) is 18.2 Å². The summed E-state index contributed by atoms with van der Waals surface area (Å²) < 4.78 is 68.5. The minimum atomic E-state index is -4.65. The zero-order valence-electron chi connectivity index (χ0n) is 18.5. The largest absolute Gasteiger partial charge is 0.493 e. The van der Waals surface area contributed by atoms with E-state index in [4.69, 9.17) is 4.74 Å². The van der Waals surface area contributed by atoms with Crippen LogP contribution in [0.15, 0.2) is 41.8 Å². The minimum absolute atomic E-state index is 0.104. The number of rotatable bonds is 9. The normalized spacial score (nSPS) is 17.9. The summed E-state index contributed by atoms with van der Waals surface area (Å²) in [6.07, 6.45) is -1.06. The van der Waals surface area contributed by atoms with Crippen molar-refractivity contribution in [1.82, 2.24) is 10.3 Å². The highest BCUT2D eigenvalue weighted by Gasteiger charge is 2.35. The molecule has 34 heavy (non-hydrogen) atoms. The number of ether oxygens (including phenoxy) is 1. The van der Waals surface area contributed by atoms with Gasteiger partial charge in [-0.2, -0.15) is 13.2 Å². The molecule has 3 N–H and O–H groups in total. The first-order valence-electron chi connectivity index (χ1n) is 10.9. The molecule has 1 saturated carbocycles. The van der Waals surface area contributed by atoms with E-state index in [1.165, 1.54) is 12.1 Å². The molecular weight excluding hydrogens is 471 g/mol. The van der Waals surface area contributed by atoms with Crippen LogP contribution in [0, 0.1) is 5.92 Å². The maximum atomic E-state index is 13.3. The molecular formula is C23H26F3N3O4S. The van der Waals surface area contributed by atoms with Gasteiger partial charge in [0.25, 0.3) is 0 Å². The number of fused-ring (bicyclic) bond motifs is 1. The van der Waals surface area contributed by atoms with Gasteiger partial charge in [0.05, 0.1) is 6.61 Å². The average Bonchev–Trinajstić information content (AvgIpc) is 3.49. The molecule has 2 heterocycles. The molecule has 11 heteroatoms. The summed E-state index contributed by atoms with van der Waals surface area (Å²) in [7, 11) is -3.36. The number of sulfone groups is 1. The van der Waals surface area contributed by atoms with Crippen LogP contribution in [0.3, 0.4) is 0 Å². The highest BCUT2D eigenvalue weighted by molar-refractivity contribution is 7.93. The smallest absolute Gasteiger partial charge is 0.433 e. The van der Waals surface area contributed by atoms with E-state index in [2.05, 4.69) is 15.6 Å². The van der Waals surface area contributed by atoms with Crippen molar-refractivity contribution in [2.45, 2.75) is 44.3 Å². The molecule has 2 aliphatic rings. The zero-order valence-corrected chi connectivity index (χ0v) is 19.3. The van der Waals surface area contributed by atoms with Gasteiger partial charge in [0.2, 0.25) is 0 Å². The van der Waals surface area contributed by atoms with Crippen LogP contribution in [0.25, 0.3) is 0 Å². The fourth-order valence-corrected chi connectivity index (χ4v) is 4.39. The number of aliphatic hydroxyl groups excluding tert-OH is 1. The lowest BCUT2D eigenvalue weighted by Gasteiger charge is -2.23. The fourth-order valence-electron chi connectivity index (χ4n) is 3.93. The number of alkyl halides is 3. The summed E-state index contributed by atoms with van der Waals surface area (Å²) in [5, 5.41) is 17.8. The lowest BCUT2D eigenvalue weighted by molar-refractivity contribution is -0.141. The number of anilines is 1. The topological polar surface area (TPSA) is 101 Å². The summed E-state index contributed by atoms with van der Waals surface area (Å²) in [6.45, 7) is 0.742. The Kier molecular flexibility index (Phi) is 6.88. The lowest BCUT2D eigenvalue weighted by Crippen LogP contribution is -2.34. The third kappa shape index (κ3) is 6.08. The molecule has 184 valence electrons. The molecule has 1 unspecified atom stereocenters. The van der Waals surface area contributed by atoms with Crippen molar-refractivity contribution in [3.8, 4) is 5.75 Å². The van der Waals surface area contributed by atoms with E-state index in [1.807, 2.05) is 18.2 Å². The molecule has 0 saturated heterocycles. The lowest BCUT2D eigenvalue weighted by atomic mass is 10.0. The van der Waals surface area contributed by atoms with E-state index in [0.717, 1.165) is 47.4 Å². The van der Waals surface area contributed by atoms with Gasteiger partial charge in [-0.05, 0) is 42.5 Å². The van der Waals surface area contributed by atoms with E-state index in [9.17, 15) is 26.7 Å². The highest BCUT2D eigenvalue weighted by Crippen LogP contribution is 2.36. The molecule has 0 bridgehead atoms. The van der Waals surface area contributed by atoms with E-state index >= 15 is 0 Å². The number of aromatic nitrogens is 1. The molecule has 1 aliphatic carbocycles. The van der Waals surface area contributed by atoms with Crippen LogP contribution >= 0.6 is 0 Å². The second-order valence-electron chi connectivity index (χ2n) is 8.57. The SMILES string of the molecule is CS(=O)(=O)/C=C/[C@@H](NC(O)c1ccc(C(F)(F)F)nc1NCc1cccc2c1CCO2)C1CC1. The molecule has 4 rings (SSSR count). The van der Waals surface area contributed by atoms with Crippen LogP contribution in [0.1, 0.15) is 41.5 Å². The van der Waals surface area contributed by atoms with Gasteiger partial charge in [-0.1, -0.05) is 18.2 Å². The minimum Gasteiger partial charge on any atom is -0.493 e. The molecule has 1 aromatic carbocycles. The first-order valence-corrected chi connectivity index (χ1v) is 12.8. The van der Waals surface area contributed by atoms with Crippen molar-refractivity contribution >= 4 is 15.7 Å². The predicted molar refractivity (Wildman–Crippen MR) is 121 cm³/mol. The second kappa shape index (κ2) is 9.55. The van der Waals surface area contributed by atoms with Crippen LogP contribution in [-0.4, -0.2) is 37.4 Å².